The van der Waals surface area contributed by atoms with E-state index < -0.39 is 0 Å². The van der Waals surface area contributed by atoms with Crippen molar-refractivity contribution >= 4 is 34.7 Å². The van der Waals surface area contributed by atoms with Crippen molar-refractivity contribution < 1.29 is 23.8 Å². The maximum Gasteiger partial charge on any atom is 0.298 e. The van der Waals surface area contributed by atoms with Gasteiger partial charge in [-0.1, -0.05) is 12.1 Å². The van der Waals surface area contributed by atoms with Crippen LogP contribution in [-0.4, -0.2) is 32.0 Å². The third-order valence-electron chi connectivity index (χ3n) is 3.92. The smallest absolute Gasteiger partial charge is 0.298 e. The van der Waals surface area contributed by atoms with Gasteiger partial charge >= 0.3 is 0 Å². The van der Waals surface area contributed by atoms with Gasteiger partial charge in [-0.3, -0.25) is 9.59 Å². The Balaban J connectivity index is 1.91. The molecule has 0 radical (unpaired) electrons. The van der Waals surface area contributed by atoms with E-state index in [-0.39, 0.29) is 11.1 Å². The molecule has 0 aliphatic carbocycles. The maximum absolute atomic E-state index is 12.8. The molecule has 0 aromatic heterocycles. The van der Waals surface area contributed by atoms with Crippen molar-refractivity contribution in [1.82, 2.24) is 0 Å². The Morgan fingerprint density at radius 3 is 2.41 bits per heavy atom. The van der Waals surface area contributed by atoms with E-state index in [1.165, 1.54) is 7.11 Å². The summed E-state index contributed by atoms with van der Waals surface area (Å²) >= 11 is 0.889. The van der Waals surface area contributed by atoms with Crippen LogP contribution >= 0.6 is 11.8 Å². The molecule has 0 saturated carbocycles. The molecule has 7 heteroatoms. The average Bonchev–Trinajstić information content (AvgIpc) is 2.96. The Morgan fingerprint density at radius 1 is 1.04 bits per heavy atom. The predicted molar refractivity (Wildman–Crippen MR) is 106 cm³/mol. The first-order valence-electron chi connectivity index (χ1n) is 8.30. The second-order valence-corrected chi connectivity index (χ2v) is 6.52. The lowest BCUT2D eigenvalue weighted by molar-refractivity contribution is -0.113. The van der Waals surface area contributed by atoms with Gasteiger partial charge < -0.3 is 14.2 Å². The van der Waals surface area contributed by atoms with Crippen molar-refractivity contribution in [2.45, 2.75) is 6.92 Å². The number of ether oxygens (including phenoxy) is 3. The molecule has 0 spiro atoms. The average molecular weight is 385 g/mol. The minimum Gasteiger partial charge on any atom is -0.494 e. The maximum atomic E-state index is 12.8. The molecule has 2 amide bonds. The molecule has 1 saturated heterocycles. The number of anilines is 1. The Hall–Kier alpha value is -2.93. The van der Waals surface area contributed by atoms with Gasteiger partial charge in [0, 0.05) is 5.56 Å². The van der Waals surface area contributed by atoms with Crippen LogP contribution in [0.5, 0.6) is 17.2 Å². The molecule has 2 aromatic carbocycles. The van der Waals surface area contributed by atoms with Gasteiger partial charge in [-0.2, -0.15) is 0 Å². The molecule has 0 N–H and O–H groups in total. The Kier molecular flexibility index (Phi) is 5.71. The minimum atomic E-state index is -0.376. The predicted octanol–water partition coefficient (Wildman–Crippen LogP) is 4.34. The summed E-state index contributed by atoms with van der Waals surface area (Å²) in [5.74, 6) is 1.37. The van der Waals surface area contributed by atoms with Crippen LogP contribution in [-0.2, 0) is 4.79 Å². The number of carbonyl (C=O) groups is 2. The molecule has 6 nitrogen and oxygen atoms in total. The van der Waals surface area contributed by atoms with Gasteiger partial charge in [-0.25, -0.2) is 4.90 Å². The first-order chi connectivity index (χ1) is 13.1. The highest BCUT2D eigenvalue weighted by Crippen LogP contribution is 2.39. The van der Waals surface area contributed by atoms with Crippen LogP contribution in [0.1, 0.15) is 12.5 Å². The van der Waals surface area contributed by atoms with E-state index in [9.17, 15) is 9.59 Å². The molecule has 27 heavy (non-hydrogen) atoms. The van der Waals surface area contributed by atoms with E-state index in [0.29, 0.717) is 40.0 Å². The summed E-state index contributed by atoms with van der Waals surface area (Å²) in [4.78, 5) is 26.7. The van der Waals surface area contributed by atoms with Crippen LogP contribution in [0.3, 0.4) is 0 Å². The summed E-state index contributed by atoms with van der Waals surface area (Å²) in [6.45, 7) is 2.44. The van der Waals surface area contributed by atoms with Gasteiger partial charge in [-0.05, 0) is 55.1 Å². The van der Waals surface area contributed by atoms with Crippen LogP contribution < -0.4 is 19.1 Å². The fourth-order valence-corrected chi connectivity index (χ4v) is 3.55. The number of carbonyl (C=O) groups excluding carboxylic acids is 2. The Bertz CT molecular complexity index is 892. The van der Waals surface area contributed by atoms with Crippen molar-refractivity contribution in [1.29, 1.82) is 0 Å². The van der Waals surface area contributed by atoms with Crippen molar-refractivity contribution in [3.8, 4) is 17.2 Å². The molecule has 1 fully saturated rings. The molecule has 1 aliphatic heterocycles. The highest BCUT2D eigenvalue weighted by molar-refractivity contribution is 8.19. The molecule has 140 valence electrons. The summed E-state index contributed by atoms with van der Waals surface area (Å²) < 4.78 is 16.1. The van der Waals surface area contributed by atoms with Gasteiger partial charge in [0.15, 0.2) is 11.5 Å². The lowest BCUT2D eigenvalue weighted by Crippen LogP contribution is -2.27. The van der Waals surface area contributed by atoms with Gasteiger partial charge in [0.2, 0.25) is 0 Å². The van der Waals surface area contributed by atoms with Crippen molar-refractivity contribution in [2.24, 2.45) is 0 Å². The van der Waals surface area contributed by atoms with E-state index in [2.05, 4.69) is 0 Å². The number of amides is 2. The quantitative estimate of drug-likeness (QED) is 0.689. The normalized spacial score (nSPS) is 15.4. The monoisotopic (exact) mass is 385 g/mol. The lowest BCUT2D eigenvalue weighted by atomic mass is 10.1. The molecule has 2 aromatic rings. The highest BCUT2D eigenvalue weighted by atomic mass is 32.2. The fourth-order valence-electron chi connectivity index (χ4n) is 2.72. The van der Waals surface area contributed by atoms with Gasteiger partial charge in [-0.15, -0.1) is 0 Å². The fraction of sp³-hybridized carbons (Fsp3) is 0.200. The number of benzene rings is 2. The van der Waals surface area contributed by atoms with E-state index in [1.807, 2.05) is 6.92 Å². The standard InChI is InChI=1S/C20H19NO5S/c1-4-26-15-10-8-14(9-11-15)21-19(22)17(27-20(21)23)12-13-6-5-7-16(24-2)18(13)25-3/h5-12H,4H2,1-3H3/b17-12+. The number of imide groups is 1. The molecule has 0 atom stereocenters. The van der Waals surface area contributed by atoms with Crippen LogP contribution in [0.25, 0.3) is 6.08 Å². The zero-order chi connectivity index (χ0) is 19.4. The third kappa shape index (κ3) is 3.78. The topological polar surface area (TPSA) is 65.1 Å². The van der Waals surface area contributed by atoms with Gasteiger partial charge in [0.05, 0.1) is 31.4 Å². The number of hydrogen-bond acceptors (Lipinski definition) is 6. The van der Waals surface area contributed by atoms with Crippen molar-refractivity contribution in [2.75, 3.05) is 25.7 Å². The number of rotatable bonds is 6. The van der Waals surface area contributed by atoms with Crippen molar-refractivity contribution in [3.05, 3.63) is 52.9 Å². The van der Waals surface area contributed by atoms with Crippen LogP contribution in [0.15, 0.2) is 47.4 Å². The van der Waals surface area contributed by atoms with Crippen molar-refractivity contribution in [3.63, 3.8) is 0 Å². The van der Waals surface area contributed by atoms with E-state index >= 15 is 0 Å². The van der Waals surface area contributed by atoms with Crippen LogP contribution in [0.4, 0.5) is 10.5 Å². The largest absolute Gasteiger partial charge is 0.494 e. The number of thioether (sulfide) groups is 1. The Morgan fingerprint density at radius 2 is 1.78 bits per heavy atom. The minimum absolute atomic E-state index is 0.320. The first kappa shape index (κ1) is 18.8. The highest BCUT2D eigenvalue weighted by Gasteiger charge is 2.36. The molecule has 0 bridgehead atoms. The number of methoxy groups -OCH3 is 2. The zero-order valence-corrected chi connectivity index (χ0v) is 16.0. The number of nitrogens with zero attached hydrogens (tertiary/aromatic N) is 1. The Labute approximate surface area is 161 Å². The van der Waals surface area contributed by atoms with Crippen LogP contribution in [0, 0.1) is 0 Å². The first-order valence-corrected chi connectivity index (χ1v) is 9.12. The van der Waals surface area contributed by atoms with Gasteiger partial charge in [0.25, 0.3) is 11.1 Å². The second-order valence-electron chi connectivity index (χ2n) is 5.53. The molecular formula is C20H19NO5S. The van der Waals surface area contributed by atoms with Gasteiger partial charge in [0.1, 0.15) is 5.75 Å². The van der Waals surface area contributed by atoms with E-state index in [0.717, 1.165) is 16.7 Å². The molecule has 1 heterocycles. The van der Waals surface area contributed by atoms with E-state index in [1.54, 1.807) is 55.7 Å². The summed E-state index contributed by atoms with van der Waals surface area (Å²) in [6, 6.07) is 12.2. The number of hydrogen-bond donors (Lipinski definition) is 0. The molecule has 3 rings (SSSR count). The zero-order valence-electron chi connectivity index (χ0n) is 15.2. The van der Waals surface area contributed by atoms with Crippen LogP contribution in [0.2, 0.25) is 0 Å². The summed E-state index contributed by atoms with van der Waals surface area (Å²) in [7, 11) is 3.07. The second kappa shape index (κ2) is 8.18. The molecule has 1 aliphatic rings. The third-order valence-corrected chi connectivity index (χ3v) is 4.79. The summed E-state index contributed by atoms with van der Waals surface area (Å²) in [6.07, 6.45) is 1.64. The summed E-state index contributed by atoms with van der Waals surface area (Å²) in [5, 5.41) is -0.350. The lowest BCUT2D eigenvalue weighted by Gasteiger charge is -2.13. The number of para-hydroxylation sites is 1. The SMILES string of the molecule is CCOc1ccc(N2C(=O)S/C(=C/c3cccc(OC)c3OC)C2=O)cc1. The molecule has 0 unspecified atom stereocenters. The summed E-state index contributed by atoms with van der Waals surface area (Å²) in [5.41, 5.74) is 1.16. The molecular weight excluding hydrogens is 366 g/mol. The van der Waals surface area contributed by atoms with E-state index in [4.69, 9.17) is 14.2 Å².